The van der Waals surface area contributed by atoms with Crippen LogP contribution in [0.5, 0.6) is 0 Å². The molecule has 0 spiro atoms. The van der Waals surface area contributed by atoms with Crippen LogP contribution in [0.2, 0.25) is 12.6 Å². The summed E-state index contributed by atoms with van der Waals surface area (Å²) in [4.78, 5) is 0. The highest BCUT2D eigenvalue weighted by atomic mass is 32.2. The van der Waals surface area contributed by atoms with Crippen molar-refractivity contribution in [3.05, 3.63) is 35.9 Å². The lowest BCUT2D eigenvalue weighted by molar-refractivity contribution is 0.249. The molecule has 0 amide bonds. The summed E-state index contributed by atoms with van der Waals surface area (Å²) in [5, 5.41) is 0. The van der Waals surface area contributed by atoms with Gasteiger partial charge in [-0.05, 0) is 42.5 Å². The summed E-state index contributed by atoms with van der Waals surface area (Å²) in [6.45, 7) is 2.13. The average molecular weight is 284 g/mol. The van der Waals surface area contributed by atoms with E-state index in [-0.39, 0.29) is 0 Å². The first kappa shape index (κ1) is 15.8. The smallest absolute Gasteiger partial charge is 0.334 e. The molecule has 0 aliphatic rings. The van der Waals surface area contributed by atoms with E-state index in [1.165, 1.54) is 23.5 Å². The third-order valence-corrected chi connectivity index (χ3v) is 7.22. The predicted octanol–water partition coefficient (Wildman–Crippen LogP) is 3.72. The molecule has 0 aliphatic carbocycles. The van der Waals surface area contributed by atoms with Gasteiger partial charge in [-0.3, -0.25) is 0 Å². The Morgan fingerprint density at radius 1 is 1.06 bits per heavy atom. The first-order valence-electron chi connectivity index (χ1n) is 6.42. The number of hydrogen-bond donors (Lipinski definition) is 0. The van der Waals surface area contributed by atoms with Crippen LogP contribution in [0.3, 0.4) is 0 Å². The highest BCUT2D eigenvalue weighted by Gasteiger charge is 2.27. The van der Waals surface area contributed by atoms with Crippen LogP contribution in [0.1, 0.15) is 12.0 Å². The largest absolute Gasteiger partial charge is 0.398 e. The van der Waals surface area contributed by atoms with Crippen LogP contribution < -0.4 is 0 Å². The van der Waals surface area contributed by atoms with Gasteiger partial charge in [-0.1, -0.05) is 30.3 Å². The minimum Gasteiger partial charge on any atom is -0.398 e. The molecule has 2 nitrogen and oxygen atoms in total. The molecule has 102 valence electrons. The van der Waals surface area contributed by atoms with Crippen LogP contribution in [0.25, 0.3) is 0 Å². The molecule has 0 saturated carbocycles. The van der Waals surface area contributed by atoms with Crippen molar-refractivity contribution >= 4 is 20.3 Å². The van der Waals surface area contributed by atoms with Gasteiger partial charge in [0, 0.05) is 14.2 Å². The van der Waals surface area contributed by atoms with E-state index < -0.39 is 8.56 Å². The van der Waals surface area contributed by atoms with E-state index in [9.17, 15) is 0 Å². The van der Waals surface area contributed by atoms with Crippen molar-refractivity contribution in [1.82, 2.24) is 0 Å². The highest BCUT2D eigenvalue weighted by Crippen LogP contribution is 2.16. The molecule has 0 bridgehead atoms. The van der Waals surface area contributed by atoms with Crippen molar-refractivity contribution in [2.75, 3.05) is 25.7 Å². The molecular formula is C14H24O2SSi. The summed E-state index contributed by atoms with van der Waals surface area (Å²) in [6.07, 6.45) is 2.35. The molecule has 1 rings (SSSR count). The molecule has 1 aromatic rings. The Bertz CT molecular complexity index is 315. The van der Waals surface area contributed by atoms with Gasteiger partial charge in [-0.15, -0.1) is 0 Å². The fourth-order valence-corrected chi connectivity index (χ4v) is 4.30. The summed E-state index contributed by atoms with van der Waals surface area (Å²) in [7, 11) is 1.69. The zero-order chi connectivity index (χ0) is 13.3. The fourth-order valence-electron chi connectivity index (χ4n) is 1.72. The Balaban J connectivity index is 2.06. The van der Waals surface area contributed by atoms with Gasteiger partial charge in [0.25, 0.3) is 0 Å². The lowest BCUT2D eigenvalue weighted by atomic mass is 10.2. The molecule has 0 atom stereocenters. The van der Waals surface area contributed by atoms with E-state index in [0.29, 0.717) is 0 Å². The Hall–Kier alpha value is -0.293. The van der Waals surface area contributed by atoms with Gasteiger partial charge >= 0.3 is 8.56 Å². The van der Waals surface area contributed by atoms with Gasteiger partial charge in [-0.2, -0.15) is 11.8 Å². The molecular weight excluding hydrogens is 260 g/mol. The van der Waals surface area contributed by atoms with E-state index in [1.807, 2.05) is 11.8 Å². The second kappa shape index (κ2) is 8.75. The number of aryl methyl sites for hydroxylation is 1. The van der Waals surface area contributed by atoms with Gasteiger partial charge in [0.1, 0.15) is 0 Å². The summed E-state index contributed by atoms with van der Waals surface area (Å²) >= 11 is 2.02. The van der Waals surface area contributed by atoms with E-state index in [0.717, 1.165) is 12.5 Å². The van der Waals surface area contributed by atoms with Crippen molar-refractivity contribution in [3.63, 3.8) is 0 Å². The second-order valence-electron chi connectivity index (χ2n) is 4.49. The maximum Gasteiger partial charge on any atom is 0.334 e. The van der Waals surface area contributed by atoms with Crippen molar-refractivity contribution in [2.24, 2.45) is 0 Å². The molecule has 18 heavy (non-hydrogen) atoms. The predicted molar refractivity (Wildman–Crippen MR) is 82.5 cm³/mol. The van der Waals surface area contributed by atoms with Crippen LogP contribution in [0, 0.1) is 0 Å². The first-order valence-corrected chi connectivity index (χ1v) is 10.1. The van der Waals surface area contributed by atoms with Crippen molar-refractivity contribution in [3.8, 4) is 0 Å². The zero-order valence-electron chi connectivity index (χ0n) is 11.6. The summed E-state index contributed by atoms with van der Waals surface area (Å²) in [6, 6.07) is 11.7. The van der Waals surface area contributed by atoms with Crippen LogP contribution in [-0.2, 0) is 15.3 Å². The minimum absolute atomic E-state index is 1.08. The highest BCUT2D eigenvalue weighted by molar-refractivity contribution is 7.99. The van der Waals surface area contributed by atoms with Crippen LogP contribution >= 0.6 is 11.8 Å². The molecule has 0 saturated heterocycles. The van der Waals surface area contributed by atoms with Gasteiger partial charge in [0.05, 0.1) is 0 Å². The summed E-state index contributed by atoms with van der Waals surface area (Å²) < 4.78 is 10.9. The lowest BCUT2D eigenvalue weighted by Crippen LogP contribution is -2.35. The normalized spacial score (nSPS) is 11.7. The third-order valence-electron chi connectivity index (χ3n) is 3.16. The summed E-state index contributed by atoms with van der Waals surface area (Å²) in [5.41, 5.74) is 1.43. The maximum absolute atomic E-state index is 5.47. The Labute approximate surface area is 116 Å². The molecule has 0 heterocycles. The lowest BCUT2D eigenvalue weighted by Gasteiger charge is -2.22. The first-order chi connectivity index (χ1) is 8.70. The van der Waals surface area contributed by atoms with E-state index >= 15 is 0 Å². The van der Waals surface area contributed by atoms with Gasteiger partial charge in [0.15, 0.2) is 0 Å². The SMILES string of the molecule is CO[Si](C)(CCCSCCc1ccccc1)OC. The third kappa shape index (κ3) is 6.04. The average Bonchev–Trinajstić information content (AvgIpc) is 2.43. The molecule has 0 radical (unpaired) electrons. The van der Waals surface area contributed by atoms with Gasteiger partial charge in [0.2, 0.25) is 0 Å². The number of thioether (sulfide) groups is 1. The number of benzene rings is 1. The van der Waals surface area contributed by atoms with Crippen LogP contribution in [0.4, 0.5) is 0 Å². The van der Waals surface area contributed by atoms with E-state index in [1.54, 1.807) is 14.2 Å². The topological polar surface area (TPSA) is 18.5 Å². The zero-order valence-corrected chi connectivity index (χ0v) is 13.5. The molecule has 0 aliphatic heterocycles. The van der Waals surface area contributed by atoms with Gasteiger partial charge in [-0.25, -0.2) is 0 Å². The van der Waals surface area contributed by atoms with Crippen molar-refractivity contribution in [2.45, 2.75) is 25.4 Å². The Morgan fingerprint density at radius 3 is 2.33 bits per heavy atom. The molecule has 0 N–H and O–H groups in total. The van der Waals surface area contributed by atoms with Crippen LogP contribution in [-0.4, -0.2) is 34.3 Å². The van der Waals surface area contributed by atoms with Gasteiger partial charge < -0.3 is 8.85 Å². The standard InChI is InChI=1S/C14H24O2SSi/c1-15-18(3,16-2)13-7-11-17-12-10-14-8-5-4-6-9-14/h4-6,8-9H,7,10-13H2,1-3H3. The fraction of sp³-hybridized carbons (Fsp3) is 0.571. The number of hydrogen-bond acceptors (Lipinski definition) is 3. The molecule has 1 aromatic carbocycles. The molecule has 0 unspecified atom stereocenters. The Kier molecular flexibility index (Phi) is 7.66. The monoisotopic (exact) mass is 284 g/mol. The quantitative estimate of drug-likeness (QED) is 0.509. The molecule has 0 fully saturated rings. The van der Waals surface area contributed by atoms with Crippen LogP contribution in [0.15, 0.2) is 30.3 Å². The summed E-state index contributed by atoms with van der Waals surface area (Å²) in [5.74, 6) is 2.39. The van der Waals surface area contributed by atoms with E-state index in [2.05, 4.69) is 36.9 Å². The van der Waals surface area contributed by atoms with E-state index in [4.69, 9.17) is 8.85 Å². The molecule has 0 aromatic heterocycles. The number of rotatable bonds is 9. The van der Waals surface area contributed by atoms with Crippen molar-refractivity contribution < 1.29 is 8.85 Å². The van der Waals surface area contributed by atoms with Crippen molar-refractivity contribution in [1.29, 1.82) is 0 Å². The minimum atomic E-state index is -1.83. The maximum atomic E-state index is 5.47. The second-order valence-corrected chi connectivity index (χ2v) is 9.30. The molecule has 4 heteroatoms. The Morgan fingerprint density at radius 2 is 1.72 bits per heavy atom.